The first-order valence-corrected chi connectivity index (χ1v) is 7.24. The highest BCUT2D eigenvalue weighted by molar-refractivity contribution is 5.34. The van der Waals surface area contributed by atoms with Gasteiger partial charge in [-0.1, -0.05) is 18.9 Å². The van der Waals surface area contributed by atoms with E-state index in [4.69, 9.17) is 0 Å². The minimum atomic E-state index is 0.832. The summed E-state index contributed by atoms with van der Waals surface area (Å²) in [6.45, 7) is 2.29. The summed E-state index contributed by atoms with van der Waals surface area (Å²) in [5.41, 5.74) is 1.20. The zero-order valence-electron chi connectivity index (χ0n) is 11.2. The minimum absolute atomic E-state index is 0.832. The third kappa shape index (κ3) is 2.37. The molecule has 1 saturated heterocycles. The van der Waals surface area contributed by atoms with E-state index < -0.39 is 0 Å². The molecule has 1 aromatic rings. The standard InChI is InChI=1S/C15H23N3/c1-16-15-8-4-6-13(17-15)11-18-10-9-12-5-2-3-7-14(12)18/h4,6,8,12,14H,2-3,5,7,9-11H2,1H3,(H,16,17). The van der Waals surface area contributed by atoms with Crippen LogP contribution in [0.2, 0.25) is 0 Å². The van der Waals surface area contributed by atoms with Gasteiger partial charge in [-0.15, -0.1) is 0 Å². The van der Waals surface area contributed by atoms with E-state index in [0.29, 0.717) is 0 Å². The van der Waals surface area contributed by atoms with Crippen LogP contribution in [0.15, 0.2) is 18.2 Å². The van der Waals surface area contributed by atoms with Crippen LogP contribution in [-0.2, 0) is 6.54 Å². The predicted molar refractivity (Wildman–Crippen MR) is 74.6 cm³/mol. The molecule has 1 aliphatic carbocycles. The van der Waals surface area contributed by atoms with Crippen molar-refractivity contribution in [2.24, 2.45) is 5.92 Å². The fourth-order valence-electron chi connectivity index (χ4n) is 3.61. The molecule has 2 unspecified atom stereocenters. The van der Waals surface area contributed by atoms with Crippen molar-refractivity contribution in [3.05, 3.63) is 23.9 Å². The molecule has 1 N–H and O–H groups in total. The third-order valence-electron chi connectivity index (χ3n) is 4.55. The van der Waals surface area contributed by atoms with E-state index in [0.717, 1.165) is 24.3 Å². The van der Waals surface area contributed by atoms with Gasteiger partial charge in [0.2, 0.25) is 0 Å². The highest BCUT2D eigenvalue weighted by Gasteiger charge is 2.35. The fraction of sp³-hybridized carbons (Fsp3) is 0.667. The number of nitrogens with one attached hydrogen (secondary N) is 1. The van der Waals surface area contributed by atoms with Crippen LogP contribution in [0.4, 0.5) is 5.82 Å². The summed E-state index contributed by atoms with van der Waals surface area (Å²) in [6.07, 6.45) is 7.11. The first-order chi connectivity index (χ1) is 8.86. The molecular weight excluding hydrogens is 222 g/mol. The molecule has 0 amide bonds. The number of fused-ring (bicyclic) bond motifs is 1. The molecule has 0 spiro atoms. The smallest absolute Gasteiger partial charge is 0.126 e. The highest BCUT2D eigenvalue weighted by atomic mass is 15.2. The number of nitrogens with zero attached hydrogens (tertiary/aromatic N) is 2. The van der Waals surface area contributed by atoms with Crippen molar-refractivity contribution in [2.75, 3.05) is 18.9 Å². The zero-order valence-corrected chi connectivity index (χ0v) is 11.2. The molecule has 98 valence electrons. The van der Waals surface area contributed by atoms with Gasteiger partial charge in [0.1, 0.15) is 5.82 Å². The van der Waals surface area contributed by atoms with Crippen LogP contribution in [0.25, 0.3) is 0 Å². The van der Waals surface area contributed by atoms with Gasteiger partial charge in [-0.05, 0) is 43.9 Å². The lowest BCUT2D eigenvalue weighted by atomic mass is 9.85. The minimum Gasteiger partial charge on any atom is -0.373 e. The molecule has 3 nitrogen and oxygen atoms in total. The Hall–Kier alpha value is -1.09. The van der Waals surface area contributed by atoms with Crippen LogP contribution in [0.3, 0.4) is 0 Å². The number of pyridine rings is 1. The average Bonchev–Trinajstić information content (AvgIpc) is 2.83. The van der Waals surface area contributed by atoms with Crippen LogP contribution >= 0.6 is 0 Å². The molecule has 2 heterocycles. The van der Waals surface area contributed by atoms with Crippen LogP contribution in [0.5, 0.6) is 0 Å². The monoisotopic (exact) mass is 245 g/mol. The summed E-state index contributed by atoms with van der Waals surface area (Å²) in [5.74, 6) is 1.94. The molecule has 0 bridgehead atoms. The molecular formula is C15H23N3. The Kier molecular flexibility index (Phi) is 3.50. The van der Waals surface area contributed by atoms with Crippen molar-refractivity contribution >= 4 is 5.82 Å². The second kappa shape index (κ2) is 5.27. The number of likely N-dealkylation sites (tertiary alicyclic amines) is 1. The van der Waals surface area contributed by atoms with Crippen molar-refractivity contribution < 1.29 is 0 Å². The largest absolute Gasteiger partial charge is 0.373 e. The van der Waals surface area contributed by atoms with E-state index in [1.54, 1.807) is 0 Å². The molecule has 0 radical (unpaired) electrons. The fourth-order valence-corrected chi connectivity index (χ4v) is 3.61. The molecule has 2 aliphatic rings. The lowest BCUT2D eigenvalue weighted by molar-refractivity contribution is 0.174. The molecule has 3 heteroatoms. The molecule has 1 saturated carbocycles. The average molecular weight is 245 g/mol. The Morgan fingerprint density at radius 1 is 1.28 bits per heavy atom. The molecule has 1 aliphatic heterocycles. The van der Waals surface area contributed by atoms with Crippen molar-refractivity contribution in [3.63, 3.8) is 0 Å². The lowest BCUT2D eigenvalue weighted by Gasteiger charge is -2.31. The van der Waals surface area contributed by atoms with Crippen molar-refractivity contribution in [1.82, 2.24) is 9.88 Å². The number of rotatable bonds is 3. The molecule has 3 rings (SSSR count). The van der Waals surface area contributed by atoms with Gasteiger partial charge in [0.25, 0.3) is 0 Å². The Labute approximate surface area is 110 Å². The van der Waals surface area contributed by atoms with Crippen molar-refractivity contribution in [1.29, 1.82) is 0 Å². The van der Waals surface area contributed by atoms with Gasteiger partial charge in [0, 0.05) is 19.6 Å². The van der Waals surface area contributed by atoms with E-state index in [1.165, 1.54) is 44.3 Å². The number of hydrogen-bond acceptors (Lipinski definition) is 3. The summed E-state index contributed by atoms with van der Waals surface area (Å²) >= 11 is 0. The summed E-state index contributed by atoms with van der Waals surface area (Å²) in [5, 5.41) is 3.12. The summed E-state index contributed by atoms with van der Waals surface area (Å²) in [6, 6.07) is 7.11. The van der Waals surface area contributed by atoms with Gasteiger partial charge in [-0.3, -0.25) is 4.90 Å². The maximum absolute atomic E-state index is 4.64. The van der Waals surface area contributed by atoms with Crippen LogP contribution in [0.1, 0.15) is 37.8 Å². The van der Waals surface area contributed by atoms with Gasteiger partial charge < -0.3 is 5.32 Å². The van der Waals surface area contributed by atoms with Gasteiger partial charge in [-0.2, -0.15) is 0 Å². The summed E-state index contributed by atoms with van der Waals surface area (Å²) in [7, 11) is 1.93. The maximum Gasteiger partial charge on any atom is 0.126 e. The Morgan fingerprint density at radius 3 is 3.06 bits per heavy atom. The number of hydrogen-bond donors (Lipinski definition) is 1. The van der Waals surface area contributed by atoms with Gasteiger partial charge >= 0.3 is 0 Å². The predicted octanol–water partition coefficient (Wildman–Crippen LogP) is 2.89. The Balaban J connectivity index is 1.68. The SMILES string of the molecule is CNc1cccc(CN2CCC3CCCCC32)n1. The van der Waals surface area contributed by atoms with Crippen LogP contribution in [-0.4, -0.2) is 29.5 Å². The van der Waals surface area contributed by atoms with E-state index in [9.17, 15) is 0 Å². The van der Waals surface area contributed by atoms with Gasteiger partial charge in [0.15, 0.2) is 0 Å². The number of aromatic nitrogens is 1. The molecule has 1 aromatic heterocycles. The first-order valence-electron chi connectivity index (χ1n) is 7.24. The normalized spacial score (nSPS) is 28.1. The second-order valence-electron chi connectivity index (χ2n) is 5.64. The van der Waals surface area contributed by atoms with E-state index >= 15 is 0 Å². The Morgan fingerprint density at radius 2 is 2.17 bits per heavy atom. The topological polar surface area (TPSA) is 28.2 Å². The second-order valence-corrected chi connectivity index (χ2v) is 5.64. The van der Waals surface area contributed by atoms with E-state index in [2.05, 4.69) is 27.3 Å². The van der Waals surface area contributed by atoms with Gasteiger partial charge in [0.05, 0.1) is 5.69 Å². The summed E-state index contributed by atoms with van der Waals surface area (Å²) in [4.78, 5) is 7.30. The first kappa shape index (κ1) is 12.0. The van der Waals surface area contributed by atoms with Crippen LogP contribution in [0, 0.1) is 5.92 Å². The van der Waals surface area contributed by atoms with Crippen molar-refractivity contribution in [3.8, 4) is 0 Å². The molecule has 2 atom stereocenters. The lowest BCUT2D eigenvalue weighted by Crippen LogP contribution is -2.34. The molecule has 18 heavy (non-hydrogen) atoms. The number of anilines is 1. The van der Waals surface area contributed by atoms with Crippen molar-refractivity contribution in [2.45, 2.75) is 44.7 Å². The summed E-state index contributed by atoms with van der Waals surface area (Å²) < 4.78 is 0. The maximum atomic E-state index is 4.64. The van der Waals surface area contributed by atoms with Crippen LogP contribution < -0.4 is 5.32 Å². The highest BCUT2D eigenvalue weighted by Crippen LogP contribution is 2.36. The van der Waals surface area contributed by atoms with E-state index in [1.807, 2.05) is 13.1 Å². The van der Waals surface area contributed by atoms with Gasteiger partial charge in [-0.25, -0.2) is 4.98 Å². The zero-order chi connectivity index (χ0) is 12.4. The quantitative estimate of drug-likeness (QED) is 0.887. The van der Waals surface area contributed by atoms with E-state index in [-0.39, 0.29) is 0 Å². The molecule has 2 fully saturated rings. The molecule has 0 aromatic carbocycles. The Bertz CT molecular complexity index is 404. The third-order valence-corrected chi connectivity index (χ3v) is 4.55.